The van der Waals surface area contributed by atoms with E-state index in [1.165, 1.54) is 6.08 Å². The van der Waals surface area contributed by atoms with E-state index < -0.39 is 17.4 Å². The summed E-state index contributed by atoms with van der Waals surface area (Å²) in [7, 11) is 0. The van der Waals surface area contributed by atoms with Crippen molar-refractivity contribution in [3.05, 3.63) is 51.9 Å². The third kappa shape index (κ3) is 3.13. The maximum absolute atomic E-state index is 14.1. The van der Waals surface area contributed by atoms with Crippen molar-refractivity contribution in [2.45, 2.75) is 13.2 Å². The van der Waals surface area contributed by atoms with Crippen LogP contribution < -0.4 is 4.74 Å². The first-order chi connectivity index (χ1) is 11.1. The Morgan fingerprint density at radius 2 is 2.00 bits per heavy atom. The second-order valence-electron chi connectivity index (χ2n) is 4.59. The summed E-state index contributed by atoms with van der Waals surface area (Å²) in [6.07, 6.45) is 2.40. The molecular formula is C15H8ClF2N3O2. The third-order valence-corrected chi connectivity index (χ3v) is 3.25. The third-order valence-electron chi connectivity index (χ3n) is 3.08. The Morgan fingerprint density at radius 1 is 1.26 bits per heavy atom. The van der Waals surface area contributed by atoms with Gasteiger partial charge in [-0.25, -0.2) is 13.8 Å². The number of hydrogen-bond donors (Lipinski definition) is 0. The topological polar surface area (TPSA) is 68.0 Å². The van der Waals surface area contributed by atoms with E-state index in [2.05, 4.69) is 9.97 Å². The summed E-state index contributed by atoms with van der Waals surface area (Å²) in [5.74, 6) is -2.51. The quantitative estimate of drug-likeness (QED) is 0.631. The van der Waals surface area contributed by atoms with Crippen LogP contribution in [0.5, 0.6) is 11.6 Å². The summed E-state index contributed by atoms with van der Waals surface area (Å²) >= 11 is 5.77. The summed E-state index contributed by atoms with van der Waals surface area (Å²) in [5, 5.41) is 8.35. The molecule has 1 aromatic carbocycles. The molecule has 0 spiro atoms. The number of aromatic nitrogens is 2. The van der Waals surface area contributed by atoms with Crippen molar-refractivity contribution >= 4 is 17.7 Å². The first-order valence-electron chi connectivity index (χ1n) is 6.44. The summed E-state index contributed by atoms with van der Waals surface area (Å²) in [6, 6.07) is 3.84. The minimum absolute atomic E-state index is 0.0457. The number of fused-ring (bicyclic) bond motifs is 1. The summed E-state index contributed by atoms with van der Waals surface area (Å²) < 4.78 is 38.6. The minimum atomic E-state index is -0.926. The lowest BCUT2D eigenvalue weighted by Gasteiger charge is -2.10. The lowest BCUT2D eigenvalue weighted by atomic mass is 10.2. The van der Waals surface area contributed by atoms with Gasteiger partial charge in [0.25, 0.3) is 0 Å². The molecular weight excluding hydrogens is 328 g/mol. The number of halogens is 3. The predicted molar refractivity (Wildman–Crippen MR) is 76.6 cm³/mol. The second kappa shape index (κ2) is 6.28. The number of allylic oxidation sites excluding steroid dienone is 1. The van der Waals surface area contributed by atoms with Crippen LogP contribution in [0.2, 0.25) is 5.28 Å². The van der Waals surface area contributed by atoms with Gasteiger partial charge in [-0.1, -0.05) is 0 Å². The van der Waals surface area contributed by atoms with E-state index in [0.29, 0.717) is 11.3 Å². The predicted octanol–water partition coefficient (Wildman–Crippen LogP) is 3.77. The van der Waals surface area contributed by atoms with Crippen molar-refractivity contribution in [2.75, 3.05) is 0 Å². The molecule has 0 N–H and O–H groups in total. The highest BCUT2D eigenvalue weighted by molar-refractivity contribution is 6.28. The standard InChI is InChI=1S/C15H8ClF2N3O2/c16-15-20-12-7-22-6-9(12)14(21-15)23-13-10(17)4-8(2-1-3-19)5-11(13)18/h1-2,4-5H,6-7H2/b2-1+. The van der Waals surface area contributed by atoms with Gasteiger partial charge in [0.15, 0.2) is 11.6 Å². The van der Waals surface area contributed by atoms with Crippen LogP contribution in [0, 0.1) is 23.0 Å². The van der Waals surface area contributed by atoms with Crippen LogP contribution in [0.25, 0.3) is 6.08 Å². The maximum atomic E-state index is 14.1. The van der Waals surface area contributed by atoms with E-state index in [1.54, 1.807) is 6.07 Å². The van der Waals surface area contributed by atoms with Gasteiger partial charge in [-0.2, -0.15) is 10.2 Å². The van der Waals surface area contributed by atoms with Gasteiger partial charge >= 0.3 is 0 Å². The van der Waals surface area contributed by atoms with Gasteiger partial charge < -0.3 is 9.47 Å². The average Bonchev–Trinajstić information content (AvgIpc) is 2.96. The highest BCUT2D eigenvalue weighted by Gasteiger charge is 2.23. The Bertz CT molecular complexity index is 826. The van der Waals surface area contributed by atoms with Crippen molar-refractivity contribution in [3.63, 3.8) is 0 Å². The molecule has 1 aliphatic rings. The lowest BCUT2D eigenvalue weighted by molar-refractivity contribution is 0.132. The van der Waals surface area contributed by atoms with Crippen LogP contribution >= 0.6 is 11.6 Å². The lowest BCUT2D eigenvalue weighted by Crippen LogP contribution is -2.01. The fourth-order valence-electron chi connectivity index (χ4n) is 2.08. The molecule has 1 aromatic heterocycles. The van der Waals surface area contributed by atoms with Gasteiger partial charge in [0.05, 0.1) is 30.5 Å². The molecule has 1 aliphatic heterocycles. The van der Waals surface area contributed by atoms with Gasteiger partial charge in [0.1, 0.15) is 0 Å². The molecule has 0 atom stereocenters. The van der Waals surface area contributed by atoms with Crippen LogP contribution in [0.4, 0.5) is 8.78 Å². The van der Waals surface area contributed by atoms with Gasteiger partial charge in [-0.15, -0.1) is 0 Å². The molecule has 2 aromatic rings. The Kier molecular flexibility index (Phi) is 4.19. The Labute approximate surface area is 134 Å². The van der Waals surface area contributed by atoms with Crippen molar-refractivity contribution in [3.8, 4) is 17.7 Å². The van der Waals surface area contributed by atoms with Crippen LogP contribution in [-0.2, 0) is 18.0 Å². The van der Waals surface area contributed by atoms with Crippen LogP contribution in [-0.4, -0.2) is 9.97 Å². The molecule has 5 nitrogen and oxygen atoms in total. The average molecular weight is 336 g/mol. The van der Waals surface area contributed by atoms with E-state index in [1.807, 2.05) is 0 Å². The van der Waals surface area contributed by atoms with Gasteiger partial charge in [0.2, 0.25) is 16.9 Å². The number of rotatable bonds is 3. The molecule has 8 heteroatoms. The Morgan fingerprint density at radius 3 is 2.70 bits per heavy atom. The van der Waals surface area contributed by atoms with Crippen LogP contribution in [0.1, 0.15) is 16.8 Å². The number of ether oxygens (including phenoxy) is 2. The smallest absolute Gasteiger partial charge is 0.229 e. The fraction of sp³-hybridized carbons (Fsp3) is 0.133. The molecule has 0 radical (unpaired) electrons. The highest BCUT2D eigenvalue weighted by atomic mass is 35.5. The molecule has 0 fully saturated rings. The Balaban J connectivity index is 1.99. The molecule has 0 unspecified atom stereocenters. The van der Waals surface area contributed by atoms with E-state index >= 15 is 0 Å². The van der Waals surface area contributed by atoms with Crippen LogP contribution in [0.3, 0.4) is 0 Å². The van der Waals surface area contributed by atoms with Crippen LogP contribution in [0.15, 0.2) is 18.2 Å². The highest BCUT2D eigenvalue weighted by Crippen LogP contribution is 2.34. The largest absolute Gasteiger partial charge is 0.432 e. The van der Waals surface area contributed by atoms with Crippen molar-refractivity contribution in [1.82, 2.24) is 9.97 Å². The SMILES string of the molecule is N#C/C=C/c1cc(F)c(Oc2nc(Cl)nc3c2COC3)c(F)c1. The zero-order valence-electron chi connectivity index (χ0n) is 11.5. The molecule has 0 aliphatic carbocycles. The molecule has 0 saturated carbocycles. The summed E-state index contributed by atoms with van der Waals surface area (Å²) in [6.45, 7) is 0.408. The normalized spacial score (nSPS) is 13.1. The molecule has 116 valence electrons. The van der Waals surface area contributed by atoms with Crippen molar-refractivity contribution in [2.24, 2.45) is 0 Å². The molecule has 2 heterocycles. The second-order valence-corrected chi connectivity index (χ2v) is 4.93. The monoisotopic (exact) mass is 335 g/mol. The molecule has 3 rings (SSSR count). The molecule has 23 heavy (non-hydrogen) atoms. The van der Waals surface area contributed by atoms with Gasteiger partial charge in [-0.3, -0.25) is 0 Å². The van der Waals surface area contributed by atoms with Gasteiger partial charge in [-0.05, 0) is 35.4 Å². The number of benzene rings is 1. The van der Waals surface area contributed by atoms with Gasteiger partial charge in [0, 0.05) is 6.08 Å². The summed E-state index contributed by atoms with van der Waals surface area (Å²) in [4.78, 5) is 7.83. The number of nitrogens with zero attached hydrogens (tertiary/aromatic N) is 3. The van der Waals surface area contributed by atoms with E-state index in [-0.39, 0.29) is 29.9 Å². The zero-order chi connectivity index (χ0) is 16.4. The molecule has 0 amide bonds. The van der Waals surface area contributed by atoms with Crippen molar-refractivity contribution < 1.29 is 18.3 Å². The Hall–Kier alpha value is -2.56. The number of hydrogen-bond acceptors (Lipinski definition) is 5. The van der Waals surface area contributed by atoms with E-state index in [0.717, 1.165) is 18.2 Å². The van der Waals surface area contributed by atoms with Crippen molar-refractivity contribution in [1.29, 1.82) is 5.26 Å². The first kappa shape index (κ1) is 15.3. The molecule has 0 saturated heterocycles. The fourth-order valence-corrected chi connectivity index (χ4v) is 2.26. The first-order valence-corrected chi connectivity index (χ1v) is 6.82. The molecule has 0 bridgehead atoms. The number of nitriles is 1. The summed E-state index contributed by atoms with van der Waals surface area (Å²) in [5.41, 5.74) is 1.22. The van der Waals surface area contributed by atoms with E-state index in [9.17, 15) is 8.78 Å². The van der Waals surface area contributed by atoms with E-state index in [4.69, 9.17) is 26.3 Å². The minimum Gasteiger partial charge on any atom is -0.432 e. The maximum Gasteiger partial charge on any atom is 0.229 e. The zero-order valence-corrected chi connectivity index (χ0v) is 12.3.